The van der Waals surface area contributed by atoms with Crippen LogP contribution in [0.2, 0.25) is 0 Å². The van der Waals surface area contributed by atoms with Crippen molar-refractivity contribution in [1.29, 1.82) is 0 Å². The fraction of sp³-hybridized carbons (Fsp3) is 0.848. The first kappa shape index (κ1) is 39.3. The molecule has 41 heavy (non-hydrogen) atoms. The molecule has 2 rings (SSSR count). The number of aromatic nitrogens is 2. The monoisotopic (exact) mass is 597 g/mol. The third-order valence-electron chi connectivity index (χ3n) is 7.52. The van der Waals surface area contributed by atoms with Crippen molar-refractivity contribution in [3.63, 3.8) is 0 Å². The van der Waals surface area contributed by atoms with Crippen LogP contribution < -0.4 is 10.1 Å². The molecule has 0 aromatic carbocycles. The van der Waals surface area contributed by atoms with Crippen LogP contribution in [0.25, 0.3) is 5.57 Å². The number of hydrogen-bond acceptors (Lipinski definition) is 6. The summed E-state index contributed by atoms with van der Waals surface area (Å²) in [5.41, 5.74) is 1.98. The average Bonchev–Trinajstić information content (AvgIpc) is 3.46. The summed E-state index contributed by atoms with van der Waals surface area (Å²) in [5.74, 6) is 0.643. The molecule has 1 amide bonds. The van der Waals surface area contributed by atoms with Crippen molar-refractivity contribution >= 4 is 23.4 Å². The van der Waals surface area contributed by atoms with E-state index in [0.29, 0.717) is 23.5 Å². The Labute approximate surface area is 257 Å². The lowest BCUT2D eigenvalue weighted by atomic mass is 10.0. The van der Waals surface area contributed by atoms with Crippen LogP contribution in [0, 0.1) is 0 Å². The number of nitrogens with zero attached hydrogens (tertiary/aromatic N) is 3. The third kappa shape index (κ3) is 17.1. The number of nitrogens with one attached hydrogen (secondary N) is 1. The van der Waals surface area contributed by atoms with Crippen LogP contribution in [0.3, 0.4) is 0 Å². The summed E-state index contributed by atoms with van der Waals surface area (Å²) < 4.78 is 21.3. The molecule has 1 aromatic heterocycles. The lowest BCUT2D eigenvalue weighted by molar-refractivity contribution is -0.944. The Morgan fingerprint density at radius 3 is 2.07 bits per heavy atom. The minimum absolute atomic E-state index is 0.249. The van der Waals surface area contributed by atoms with Crippen LogP contribution in [0.15, 0.2) is 6.08 Å². The Morgan fingerprint density at radius 2 is 1.46 bits per heavy atom. The largest absolute Gasteiger partial charge is 0.475 e. The molecule has 2 atom stereocenters. The molecule has 1 aromatic rings. The van der Waals surface area contributed by atoms with E-state index in [1.54, 1.807) is 0 Å². The molecule has 240 valence electrons. The van der Waals surface area contributed by atoms with Gasteiger partial charge in [-0.25, -0.2) is 4.79 Å². The zero-order valence-corrected chi connectivity index (χ0v) is 28.9. The first-order valence-corrected chi connectivity index (χ1v) is 17.7. The van der Waals surface area contributed by atoms with Gasteiger partial charge in [0.2, 0.25) is 6.23 Å². The topological polar surface area (TPSA) is 73.3 Å². The highest BCUT2D eigenvalue weighted by molar-refractivity contribution is 6.99. The predicted molar refractivity (Wildman–Crippen MR) is 177 cm³/mol. The normalized spacial score (nSPS) is 16.8. The standard InChI is InChI=1S/C29H52N4O3S.2C2H6/c1-5-7-9-11-12-13-14-15-16-17-21-30-29(34)36-25(3)33(4)22-19-20-26(24-33)27-28(32-37-31-27)35-23-18-10-8-6-2;2*1-2/h20,25H,5-19,21-24H2,1-4H3;2*1-2H3/p+1. The summed E-state index contributed by atoms with van der Waals surface area (Å²) in [4.78, 5) is 12.5. The van der Waals surface area contributed by atoms with E-state index in [0.717, 1.165) is 50.0 Å². The molecule has 0 radical (unpaired) electrons. The number of unbranched alkanes of at least 4 members (excludes halogenated alkanes) is 12. The molecule has 0 saturated heterocycles. The predicted octanol–water partition coefficient (Wildman–Crippen LogP) is 9.78. The van der Waals surface area contributed by atoms with E-state index in [4.69, 9.17) is 9.47 Å². The molecule has 1 aliphatic heterocycles. The van der Waals surface area contributed by atoms with Gasteiger partial charge in [-0.3, -0.25) is 4.48 Å². The summed E-state index contributed by atoms with van der Waals surface area (Å²) in [7, 11) is 2.15. The van der Waals surface area contributed by atoms with E-state index in [1.165, 1.54) is 82.4 Å². The lowest BCUT2D eigenvalue weighted by Crippen LogP contribution is -2.56. The first-order chi connectivity index (χ1) is 20.0. The highest BCUT2D eigenvalue weighted by atomic mass is 32.1. The maximum absolute atomic E-state index is 12.5. The van der Waals surface area contributed by atoms with Gasteiger partial charge in [-0.15, -0.1) is 4.37 Å². The smallest absolute Gasteiger partial charge is 0.411 e. The maximum Gasteiger partial charge on any atom is 0.411 e. The van der Waals surface area contributed by atoms with E-state index in [2.05, 4.69) is 41.0 Å². The quantitative estimate of drug-likeness (QED) is 0.120. The van der Waals surface area contributed by atoms with Gasteiger partial charge in [0.25, 0.3) is 5.88 Å². The molecule has 0 bridgehead atoms. The number of quaternary nitrogens is 1. The van der Waals surface area contributed by atoms with Gasteiger partial charge in [-0.05, 0) is 12.8 Å². The molecule has 2 heterocycles. The second-order valence-corrected chi connectivity index (χ2v) is 11.3. The Balaban J connectivity index is 0.00000382. The van der Waals surface area contributed by atoms with Crippen molar-refractivity contribution in [1.82, 2.24) is 14.1 Å². The third-order valence-corrected chi connectivity index (χ3v) is 8.03. The molecule has 1 aliphatic rings. The molecule has 1 N–H and O–H groups in total. The first-order valence-electron chi connectivity index (χ1n) is 16.9. The lowest BCUT2D eigenvalue weighted by Gasteiger charge is -2.41. The fourth-order valence-corrected chi connectivity index (χ4v) is 5.38. The minimum Gasteiger partial charge on any atom is -0.475 e. The molecule has 0 saturated carbocycles. The van der Waals surface area contributed by atoms with Crippen molar-refractivity contribution in [2.24, 2.45) is 0 Å². The summed E-state index contributed by atoms with van der Waals surface area (Å²) >= 11 is 1.20. The van der Waals surface area contributed by atoms with Crippen molar-refractivity contribution < 1.29 is 18.8 Å². The highest BCUT2D eigenvalue weighted by Crippen LogP contribution is 2.31. The second-order valence-electron chi connectivity index (χ2n) is 10.8. The molecular weight excluding hydrogens is 532 g/mol. The number of rotatable bonds is 20. The fourth-order valence-electron chi connectivity index (χ4n) is 4.84. The van der Waals surface area contributed by atoms with E-state index in [9.17, 15) is 4.79 Å². The number of hydrogen-bond donors (Lipinski definition) is 1. The highest BCUT2D eigenvalue weighted by Gasteiger charge is 2.36. The van der Waals surface area contributed by atoms with Crippen molar-refractivity contribution in [3.8, 4) is 5.88 Å². The Bertz CT molecular complexity index is 786. The van der Waals surface area contributed by atoms with Gasteiger partial charge < -0.3 is 14.8 Å². The van der Waals surface area contributed by atoms with Gasteiger partial charge >= 0.3 is 6.09 Å². The molecule has 0 spiro atoms. The summed E-state index contributed by atoms with van der Waals surface area (Å²) in [6.45, 7) is 17.5. The van der Waals surface area contributed by atoms with E-state index < -0.39 is 0 Å². The van der Waals surface area contributed by atoms with E-state index in [1.807, 2.05) is 34.6 Å². The molecule has 0 aliphatic carbocycles. The average molecular weight is 598 g/mol. The number of carbonyl (C=O) groups is 1. The number of ether oxygens (including phenoxy) is 2. The summed E-state index contributed by atoms with van der Waals surface area (Å²) in [6.07, 6.45) is 20.1. The van der Waals surface area contributed by atoms with Gasteiger partial charge in [0.15, 0.2) is 0 Å². The van der Waals surface area contributed by atoms with E-state index >= 15 is 0 Å². The van der Waals surface area contributed by atoms with Crippen molar-refractivity contribution in [3.05, 3.63) is 11.8 Å². The second kappa shape index (κ2) is 26.0. The van der Waals surface area contributed by atoms with Gasteiger partial charge in [0, 0.05) is 25.5 Å². The number of amides is 1. The van der Waals surface area contributed by atoms with Crippen LogP contribution in [0.5, 0.6) is 5.88 Å². The minimum atomic E-state index is -0.315. The van der Waals surface area contributed by atoms with Crippen LogP contribution in [0.1, 0.15) is 150 Å². The zero-order valence-electron chi connectivity index (χ0n) is 28.1. The van der Waals surface area contributed by atoms with Crippen molar-refractivity contribution in [2.75, 3.05) is 33.3 Å². The maximum atomic E-state index is 12.5. The Kier molecular flexibility index (Phi) is 24.9. The van der Waals surface area contributed by atoms with Gasteiger partial charge in [-0.2, -0.15) is 4.37 Å². The number of likely N-dealkylation sites (N-methyl/N-ethyl adjacent to an activating group) is 1. The molecule has 0 fully saturated rings. The molecule has 7 nitrogen and oxygen atoms in total. The Hall–Kier alpha value is -1.67. The van der Waals surface area contributed by atoms with Crippen LogP contribution in [0.4, 0.5) is 4.79 Å². The van der Waals surface area contributed by atoms with Gasteiger partial charge in [0.05, 0.1) is 31.9 Å². The van der Waals surface area contributed by atoms with Gasteiger partial charge in [-0.1, -0.05) is 125 Å². The number of carbonyl (C=O) groups excluding carboxylic acids is 1. The van der Waals surface area contributed by atoms with Crippen LogP contribution in [-0.2, 0) is 4.74 Å². The van der Waals surface area contributed by atoms with Crippen LogP contribution in [-0.4, -0.2) is 58.8 Å². The zero-order chi connectivity index (χ0) is 30.8. The molecule has 2 unspecified atom stereocenters. The SMILES string of the molecule is CC.CC.CCCCCCCCCCCCNC(=O)OC(C)[N+]1(C)CCC=C(c2nsnc2OCCCCCC)C1. The summed E-state index contributed by atoms with van der Waals surface area (Å²) in [5, 5.41) is 2.95. The molecule has 8 heteroatoms. The van der Waals surface area contributed by atoms with Crippen LogP contribution >= 0.6 is 11.7 Å². The Morgan fingerprint density at radius 1 is 0.902 bits per heavy atom. The summed E-state index contributed by atoms with van der Waals surface area (Å²) in [6, 6.07) is 0. The van der Waals surface area contributed by atoms with Gasteiger partial charge in [0.1, 0.15) is 12.2 Å². The number of alkyl carbamates (subject to hydrolysis) is 1. The van der Waals surface area contributed by atoms with Crippen molar-refractivity contribution in [2.45, 2.75) is 151 Å². The van der Waals surface area contributed by atoms with E-state index in [-0.39, 0.29) is 12.3 Å². The molecular formula is C33H65N4O3S+.